The number of hydrogen-bond donors (Lipinski definition) is 1. The molecule has 0 fully saturated rings. The molecule has 0 aromatic heterocycles. The Balaban J connectivity index is 3.38. The molecule has 0 aromatic carbocycles. The summed E-state index contributed by atoms with van der Waals surface area (Å²) in [5.41, 5.74) is 0. The molecule has 0 aliphatic carbocycles. The fourth-order valence-corrected chi connectivity index (χ4v) is 3.87. The molecule has 0 rings (SSSR count). The summed E-state index contributed by atoms with van der Waals surface area (Å²) in [4.78, 5) is 9.81. The minimum Gasteiger partial charge on any atom is -0.344 e. The first kappa shape index (κ1) is 18.2. The molecular weight excluding hydrogens is 243 g/mol. The Morgan fingerprint density at radius 2 is 1.00 bits per heavy atom. The number of unbranched alkanes of at least 4 members (excludes halogenated alkanes) is 9. The molecule has 1 N–H and O–H groups in total. The first-order valence-corrected chi connectivity index (χ1v) is 9.96. The lowest BCUT2D eigenvalue weighted by Gasteiger charge is -2.11. The minimum atomic E-state index is -2.79. The van der Waals surface area contributed by atoms with Crippen LogP contribution in [0.3, 0.4) is 0 Å². The average Bonchev–Trinajstić information content (AvgIpc) is 2.34. The normalized spacial score (nSPS) is 14.6. The second-order valence-electron chi connectivity index (χ2n) is 5.48. The van der Waals surface area contributed by atoms with Crippen molar-refractivity contribution in [1.29, 1.82) is 0 Å². The van der Waals surface area contributed by atoms with Gasteiger partial charge in [-0.1, -0.05) is 71.6 Å². The van der Waals surface area contributed by atoms with Gasteiger partial charge < -0.3 is 4.89 Å². The van der Waals surface area contributed by atoms with E-state index in [-0.39, 0.29) is 0 Å². The van der Waals surface area contributed by atoms with Gasteiger partial charge in [0.2, 0.25) is 7.37 Å². The lowest BCUT2D eigenvalue weighted by molar-refractivity contribution is 0.470. The molecular formula is C15H33O2P. The molecule has 0 aliphatic rings. The molecule has 0 radical (unpaired) electrons. The van der Waals surface area contributed by atoms with Gasteiger partial charge in [0.15, 0.2) is 0 Å². The molecule has 18 heavy (non-hydrogen) atoms. The summed E-state index contributed by atoms with van der Waals surface area (Å²) >= 11 is 0. The highest BCUT2D eigenvalue weighted by atomic mass is 31.2. The van der Waals surface area contributed by atoms with E-state index in [1.54, 1.807) is 0 Å². The Labute approximate surface area is 114 Å². The zero-order valence-corrected chi connectivity index (χ0v) is 13.4. The van der Waals surface area contributed by atoms with Crippen LogP contribution in [0.15, 0.2) is 0 Å². The van der Waals surface area contributed by atoms with Crippen molar-refractivity contribution in [3.63, 3.8) is 0 Å². The van der Waals surface area contributed by atoms with E-state index >= 15 is 0 Å². The van der Waals surface area contributed by atoms with Crippen molar-refractivity contribution >= 4 is 7.37 Å². The first-order chi connectivity index (χ1) is 8.62. The van der Waals surface area contributed by atoms with Crippen LogP contribution < -0.4 is 0 Å². The van der Waals surface area contributed by atoms with E-state index in [1.165, 1.54) is 44.9 Å². The highest BCUT2D eigenvalue weighted by Crippen LogP contribution is 2.42. The van der Waals surface area contributed by atoms with E-state index in [1.807, 2.05) is 0 Å². The standard InChI is InChI=1S/C15H33O2P/c1-3-5-7-9-10-11-13-15-18(16,17)14-12-8-6-4-2/h3-15H2,1-2H3,(H,16,17). The van der Waals surface area contributed by atoms with Crippen LogP contribution in [0.4, 0.5) is 0 Å². The van der Waals surface area contributed by atoms with E-state index in [9.17, 15) is 9.46 Å². The fourth-order valence-electron chi connectivity index (χ4n) is 2.21. The summed E-state index contributed by atoms with van der Waals surface area (Å²) in [5, 5.41) is 0. The van der Waals surface area contributed by atoms with Crippen LogP contribution in [0.2, 0.25) is 0 Å². The summed E-state index contributed by atoms with van der Waals surface area (Å²) in [6, 6.07) is 0. The Morgan fingerprint density at radius 3 is 1.44 bits per heavy atom. The molecule has 0 saturated carbocycles. The van der Waals surface area contributed by atoms with E-state index in [4.69, 9.17) is 0 Å². The third-order valence-corrected chi connectivity index (χ3v) is 5.50. The minimum absolute atomic E-state index is 0.544. The summed E-state index contributed by atoms with van der Waals surface area (Å²) in [6.07, 6.45) is 14.0. The van der Waals surface area contributed by atoms with Gasteiger partial charge in [-0.05, 0) is 12.8 Å². The average molecular weight is 276 g/mol. The maximum atomic E-state index is 11.9. The van der Waals surface area contributed by atoms with Gasteiger partial charge >= 0.3 is 0 Å². The molecule has 0 heterocycles. The summed E-state index contributed by atoms with van der Waals surface area (Å²) in [7, 11) is -2.79. The Bertz CT molecular complexity index is 217. The molecule has 0 amide bonds. The molecule has 0 aliphatic heterocycles. The van der Waals surface area contributed by atoms with Crippen LogP contribution in [0.25, 0.3) is 0 Å². The van der Waals surface area contributed by atoms with E-state index in [2.05, 4.69) is 13.8 Å². The van der Waals surface area contributed by atoms with Gasteiger partial charge in [0.25, 0.3) is 0 Å². The number of hydrogen-bond acceptors (Lipinski definition) is 1. The van der Waals surface area contributed by atoms with E-state index in [0.29, 0.717) is 12.3 Å². The maximum absolute atomic E-state index is 11.9. The fraction of sp³-hybridized carbons (Fsp3) is 1.00. The second kappa shape index (κ2) is 12.2. The van der Waals surface area contributed by atoms with Crippen LogP contribution in [-0.4, -0.2) is 17.2 Å². The van der Waals surface area contributed by atoms with Crippen LogP contribution in [-0.2, 0) is 4.57 Å². The molecule has 0 spiro atoms. The van der Waals surface area contributed by atoms with E-state index < -0.39 is 7.37 Å². The number of rotatable bonds is 13. The van der Waals surface area contributed by atoms with Crippen molar-refractivity contribution in [3.8, 4) is 0 Å². The monoisotopic (exact) mass is 276 g/mol. The molecule has 110 valence electrons. The van der Waals surface area contributed by atoms with Crippen molar-refractivity contribution in [3.05, 3.63) is 0 Å². The van der Waals surface area contributed by atoms with Crippen LogP contribution in [0.1, 0.15) is 84.5 Å². The van der Waals surface area contributed by atoms with Gasteiger partial charge in [-0.3, -0.25) is 4.57 Å². The molecule has 1 unspecified atom stereocenters. The zero-order chi connectivity index (χ0) is 13.7. The van der Waals surface area contributed by atoms with Crippen molar-refractivity contribution in [2.75, 3.05) is 12.3 Å². The van der Waals surface area contributed by atoms with Crippen molar-refractivity contribution in [1.82, 2.24) is 0 Å². The molecule has 2 nitrogen and oxygen atoms in total. The third kappa shape index (κ3) is 12.6. The van der Waals surface area contributed by atoms with Gasteiger partial charge in [-0.25, -0.2) is 0 Å². The molecule has 0 saturated heterocycles. The Morgan fingerprint density at radius 1 is 0.667 bits per heavy atom. The largest absolute Gasteiger partial charge is 0.344 e. The highest BCUT2D eigenvalue weighted by Gasteiger charge is 2.16. The van der Waals surface area contributed by atoms with Crippen LogP contribution >= 0.6 is 7.37 Å². The van der Waals surface area contributed by atoms with Crippen molar-refractivity contribution in [2.45, 2.75) is 84.5 Å². The highest BCUT2D eigenvalue weighted by molar-refractivity contribution is 7.57. The Hall–Kier alpha value is 0.190. The smallest absolute Gasteiger partial charge is 0.200 e. The zero-order valence-electron chi connectivity index (χ0n) is 12.5. The van der Waals surface area contributed by atoms with Crippen molar-refractivity contribution < 1.29 is 9.46 Å². The van der Waals surface area contributed by atoms with Gasteiger partial charge in [0.1, 0.15) is 0 Å². The van der Waals surface area contributed by atoms with Crippen LogP contribution in [0.5, 0.6) is 0 Å². The van der Waals surface area contributed by atoms with Gasteiger partial charge in [-0.2, -0.15) is 0 Å². The molecule has 0 bridgehead atoms. The lowest BCUT2D eigenvalue weighted by Crippen LogP contribution is -1.95. The van der Waals surface area contributed by atoms with E-state index in [0.717, 1.165) is 25.7 Å². The van der Waals surface area contributed by atoms with Gasteiger partial charge in [-0.15, -0.1) is 0 Å². The quantitative estimate of drug-likeness (QED) is 0.352. The summed E-state index contributed by atoms with van der Waals surface area (Å²) in [5.74, 6) is 0. The summed E-state index contributed by atoms with van der Waals surface area (Å²) < 4.78 is 11.9. The first-order valence-electron chi connectivity index (χ1n) is 7.93. The van der Waals surface area contributed by atoms with Crippen LogP contribution in [0, 0.1) is 0 Å². The summed E-state index contributed by atoms with van der Waals surface area (Å²) in [6.45, 7) is 4.39. The van der Waals surface area contributed by atoms with Crippen molar-refractivity contribution in [2.24, 2.45) is 0 Å². The predicted molar refractivity (Wildman–Crippen MR) is 81.7 cm³/mol. The van der Waals surface area contributed by atoms with Gasteiger partial charge in [0, 0.05) is 12.3 Å². The van der Waals surface area contributed by atoms with Gasteiger partial charge in [0.05, 0.1) is 0 Å². The second-order valence-corrected chi connectivity index (χ2v) is 8.06. The topological polar surface area (TPSA) is 37.3 Å². The third-order valence-electron chi connectivity index (χ3n) is 3.47. The maximum Gasteiger partial charge on any atom is 0.200 e. The molecule has 1 atom stereocenters. The Kier molecular flexibility index (Phi) is 12.4. The SMILES string of the molecule is CCCCCCCCCP(=O)(O)CCCCCC. The molecule has 3 heteroatoms. The lowest BCUT2D eigenvalue weighted by atomic mass is 10.1. The predicted octanol–water partition coefficient (Wildman–Crippen LogP) is 5.59. The molecule has 0 aromatic rings.